The number of carbonyl (C=O) groups excluding carboxylic acids is 2. The molecule has 3 atom stereocenters. The second kappa shape index (κ2) is 8.37. The molecule has 3 aliphatic rings. The average Bonchev–Trinajstić information content (AvgIpc) is 3.24. The number of fused-ring (bicyclic) bond motifs is 2. The van der Waals surface area contributed by atoms with E-state index in [0.29, 0.717) is 29.9 Å². The quantitative estimate of drug-likeness (QED) is 0.844. The highest BCUT2D eigenvalue weighted by atomic mass is 35.5. The summed E-state index contributed by atoms with van der Waals surface area (Å²) in [6, 6.07) is 8.20. The van der Waals surface area contributed by atoms with Gasteiger partial charge in [-0.15, -0.1) is 12.4 Å². The molecular weight excluding hydrogens is 354 g/mol. The number of nitrogens with one attached hydrogen (secondary N) is 2. The smallest absolute Gasteiger partial charge is 0.253 e. The maximum Gasteiger partial charge on any atom is 0.253 e. The molecule has 0 radical (unpaired) electrons. The molecule has 6 nitrogen and oxygen atoms in total. The Hall–Kier alpha value is -1.63. The number of likely N-dealkylation sites (tertiary alicyclic amines) is 1. The number of amides is 2. The summed E-state index contributed by atoms with van der Waals surface area (Å²) in [7, 11) is 0. The van der Waals surface area contributed by atoms with E-state index in [-0.39, 0.29) is 30.3 Å². The highest BCUT2D eigenvalue weighted by Crippen LogP contribution is 2.22. The molecule has 3 heterocycles. The van der Waals surface area contributed by atoms with Crippen molar-refractivity contribution in [3.63, 3.8) is 0 Å². The lowest BCUT2D eigenvalue weighted by atomic mass is 10.1. The zero-order valence-electron chi connectivity index (χ0n) is 14.8. The van der Waals surface area contributed by atoms with Crippen molar-refractivity contribution in [1.82, 2.24) is 10.2 Å². The van der Waals surface area contributed by atoms with E-state index in [0.717, 1.165) is 38.8 Å². The Morgan fingerprint density at radius 3 is 2.81 bits per heavy atom. The van der Waals surface area contributed by atoms with Crippen LogP contribution in [0.5, 0.6) is 0 Å². The van der Waals surface area contributed by atoms with E-state index < -0.39 is 0 Å². The normalized spacial score (nSPS) is 27.5. The van der Waals surface area contributed by atoms with Crippen molar-refractivity contribution < 1.29 is 14.3 Å². The predicted molar refractivity (Wildman–Crippen MR) is 102 cm³/mol. The Bertz CT molecular complexity index is 663. The van der Waals surface area contributed by atoms with Crippen molar-refractivity contribution in [1.29, 1.82) is 0 Å². The molecule has 3 fully saturated rings. The Kier molecular flexibility index (Phi) is 6.16. The van der Waals surface area contributed by atoms with E-state index in [1.165, 1.54) is 6.42 Å². The Labute approximate surface area is 160 Å². The van der Waals surface area contributed by atoms with Crippen LogP contribution in [0.1, 0.15) is 42.5 Å². The van der Waals surface area contributed by atoms with Crippen LogP contribution in [0.3, 0.4) is 0 Å². The molecule has 142 valence electrons. The van der Waals surface area contributed by atoms with Crippen LogP contribution < -0.4 is 10.6 Å². The minimum absolute atomic E-state index is 0. The SMILES string of the molecule is Cl.O=C(Nc1cccc(C(=O)N2CCC3CCC(C2)N3)c1)C1CCCO1. The monoisotopic (exact) mass is 379 g/mol. The first-order chi connectivity index (χ1) is 12.2. The molecule has 7 heteroatoms. The molecule has 26 heavy (non-hydrogen) atoms. The average molecular weight is 380 g/mol. The number of ether oxygens (including phenoxy) is 1. The summed E-state index contributed by atoms with van der Waals surface area (Å²) in [6.45, 7) is 2.20. The van der Waals surface area contributed by atoms with Gasteiger partial charge in [-0.25, -0.2) is 0 Å². The molecule has 2 N–H and O–H groups in total. The minimum atomic E-state index is -0.369. The Morgan fingerprint density at radius 1 is 1.15 bits per heavy atom. The molecule has 1 aromatic rings. The van der Waals surface area contributed by atoms with Gasteiger partial charge in [-0.3, -0.25) is 9.59 Å². The van der Waals surface area contributed by atoms with E-state index in [4.69, 9.17) is 4.74 Å². The van der Waals surface area contributed by atoms with Crippen LogP contribution in [0.4, 0.5) is 5.69 Å². The van der Waals surface area contributed by atoms with Crippen LogP contribution in [-0.4, -0.2) is 54.6 Å². The Balaban J connectivity index is 0.00000196. The molecule has 0 saturated carbocycles. The van der Waals surface area contributed by atoms with Gasteiger partial charge in [0.25, 0.3) is 11.8 Å². The number of halogens is 1. The summed E-state index contributed by atoms with van der Waals surface area (Å²) in [5.74, 6) is -0.0825. The van der Waals surface area contributed by atoms with E-state index in [1.807, 2.05) is 23.1 Å². The predicted octanol–water partition coefficient (Wildman–Crippen LogP) is 2.19. The number of hydrogen-bond donors (Lipinski definition) is 2. The third-order valence-corrected chi connectivity index (χ3v) is 5.41. The third kappa shape index (κ3) is 4.19. The van der Waals surface area contributed by atoms with Crippen molar-refractivity contribution in [2.75, 3.05) is 25.0 Å². The maximum atomic E-state index is 12.9. The summed E-state index contributed by atoms with van der Waals surface area (Å²) in [4.78, 5) is 27.0. The molecule has 3 aliphatic heterocycles. The van der Waals surface area contributed by atoms with Gasteiger partial charge in [-0.2, -0.15) is 0 Å². The number of anilines is 1. The fourth-order valence-electron chi connectivity index (χ4n) is 4.05. The first-order valence-electron chi connectivity index (χ1n) is 9.27. The largest absolute Gasteiger partial charge is 0.368 e. The van der Waals surface area contributed by atoms with E-state index >= 15 is 0 Å². The van der Waals surface area contributed by atoms with Crippen molar-refractivity contribution in [2.45, 2.75) is 50.3 Å². The first kappa shape index (κ1) is 19.1. The summed E-state index contributed by atoms with van der Waals surface area (Å²) in [5.41, 5.74) is 1.28. The second-order valence-corrected chi connectivity index (χ2v) is 7.25. The number of benzene rings is 1. The highest BCUT2D eigenvalue weighted by molar-refractivity contribution is 5.98. The third-order valence-electron chi connectivity index (χ3n) is 5.41. The molecule has 2 amide bonds. The van der Waals surface area contributed by atoms with Crippen molar-refractivity contribution in [3.05, 3.63) is 29.8 Å². The van der Waals surface area contributed by atoms with E-state index in [9.17, 15) is 9.59 Å². The number of hydrogen-bond acceptors (Lipinski definition) is 4. The molecular formula is C19H26ClN3O3. The van der Waals surface area contributed by atoms with Gasteiger partial charge >= 0.3 is 0 Å². The van der Waals surface area contributed by atoms with Crippen molar-refractivity contribution >= 4 is 29.9 Å². The number of nitrogens with zero attached hydrogens (tertiary/aromatic N) is 1. The fourth-order valence-corrected chi connectivity index (χ4v) is 4.05. The minimum Gasteiger partial charge on any atom is -0.368 e. The van der Waals surface area contributed by atoms with Gasteiger partial charge < -0.3 is 20.3 Å². The summed E-state index contributed by atoms with van der Waals surface area (Å²) >= 11 is 0. The van der Waals surface area contributed by atoms with Gasteiger partial charge in [-0.1, -0.05) is 6.07 Å². The molecule has 3 unspecified atom stereocenters. The molecule has 0 spiro atoms. The Morgan fingerprint density at radius 2 is 2.00 bits per heavy atom. The van der Waals surface area contributed by atoms with Crippen LogP contribution in [0.25, 0.3) is 0 Å². The lowest BCUT2D eigenvalue weighted by Crippen LogP contribution is -2.39. The fraction of sp³-hybridized carbons (Fsp3) is 0.579. The topological polar surface area (TPSA) is 70.7 Å². The lowest BCUT2D eigenvalue weighted by molar-refractivity contribution is -0.124. The van der Waals surface area contributed by atoms with Gasteiger partial charge in [-0.05, 0) is 50.3 Å². The van der Waals surface area contributed by atoms with E-state index in [1.54, 1.807) is 6.07 Å². The molecule has 0 aliphatic carbocycles. The van der Waals surface area contributed by atoms with Crippen LogP contribution in [-0.2, 0) is 9.53 Å². The molecule has 4 rings (SSSR count). The van der Waals surface area contributed by atoms with Gasteiger partial charge in [0.05, 0.1) is 0 Å². The maximum absolute atomic E-state index is 12.9. The van der Waals surface area contributed by atoms with Crippen LogP contribution >= 0.6 is 12.4 Å². The standard InChI is InChI=1S/C19H25N3O3.ClH/c23-18(17-5-2-10-25-17)21-15-4-1-3-13(11-15)19(24)22-9-8-14-6-7-16(12-22)20-14;/h1,3-4,11,14,16-17,20H,2,5-10,12H2,(H,21,23);1H. The molecule has 2 bridgehead atoms. The van der Waals surface area contributed by atoms with E-state index in [2.05, 4.69) is 10.6 Å². The molecule has 3 saturated heterocycles. The molecule has 1 aromatic carbocycles. The summed E-state index contributed by atoms with van der Waals surface area (Å²) in [6.07, 6.45) is 4.68. The number of carbonyl (C=O) groups is 2. The summed E-state index contributed by atoms with van der Waals surface area (Å²) < 4.78 is 5.41. The van der Waals surface area contributed by atoms with Crippen molar-refractivity contribution in [3.8, 4) is 0 Å². The van der Waals surface area contributed by atoms with Gasteiger partial charge in [0.1, 0.15) is 6.10 Å². The zero-order valence-corrected chi connectivity index (χ0v) is 15.6. The van der Waals surface area contributed by atoms with Gasteiger partial charge in [0.2, 0.25) is 0 Å². The lowest BCUT2D eigenvalue weighted by Gasteiger charge is -2.24. The zero-order chi connectivity index (χ0) is 17.2. The van der Waals surface area contributed by atoms with Crippen LogP contribution in [0.2, 0.25) is 0 Å². The second-order valence-electron chi connectivity index (χ2n) is 7.25. The number of rotatable bonds is 3. The molecule has 0 aromatic heterocycles. The van der Waals surface area contributed by atoms with Gasteiger partial charge in [0, 0.05) is 43.0 Å². The van der Waals surface area contributed by atoms with Crippen LogP contribution in [0, 0.1) is 0 Å². The van der Waals surface area contributed by atoms with Gasteiger partial charge in [0.15, 0.2) is 0 Å². The highest BCUT2D eigenvalue weighted by Gasteiger charge is 2.31. The first-order valence-corrected chi connectivity index (χ1v) is 9.27. The van der Waals surface area contributed by atoms with Crippen LogP contribution in [0.15, 0.2) is 24.3 Å². The van der Waals surface area contributed by atoms with Crippen molar-refractivity contribution in [2.24, 2.45) is 0 Å². The summed E-state index contributed by atoms with van der Waals surface area (Å²) in [5, 5.41) is 6.47.